The first-order valence-corrected chi connectivity index (χ1v) is 7.41. The molecule has 1 aromatic rings. The second-order valence-electron chi connectivity index (χ2n) is 6.63. The van der Waals surface area contributed by atoms with Crippen molar-refractivity contribution in [1.29, 1.82) is 0 Å². The minimum absolute atomic E-state index is 0.0106. The summed E-state index contributed by atoms with van der Waals surface area (Å²) in [4.78, 5) is 22.4. The maximum Gasteiger partial charge on any atom is 0.373 e. The van der Waals surface area contributed by atoms with Crippen molar-refractivity contribution in [2.45, 2.75) is 52.6 Å². The highest BCUT2D eigenvalue weighted by atomic mass is 17.2. The van der Waals surface area contributed by atoms with E-state index in [1.165, 1.54) is 6.42 Å². The van der Waals surface area contributed by atoms with E-state index in [9.17, 15) is 4.79 Å². The minimum Gasteiger partial charge on any atom is -0.293 e. The smallest absolute Gasteiger partial charge is 0.293 e. The van der Waals surface area contributed by atoms with E-state index >= 15 is 0 Å². The van der Waals surface area contributed by atoms with Crippen molar-refractivity contribution < 1.29 is 14.6 Å². The number of carbonyl (C=O) groups is 1. The Kier molecular flexibility index (Phi) is 4.81. The molecule has 0 N–H and O–H groups in total. The number of rotatable bonds is 3. The Bertz CT molecular complexity index is 433. The predicted octanol–water partition coefficient (Wildman–Crippen LogP) is 4.38. The molecule has 1 aliphatic carbocycles. The van der Waals surface area contributed by atoms with Gasteiger partial charge in [-0.3, -0.25) is 4.89 Å². The molecule has 2 atom stereocenters. The van der Waals surface area contributed by atoms with Gasteiger partial charge in [0.15, 0.2) is 0 Å². The van der Waals surface area contributed by atoms with E-state index in [2.05, 4.69) is 20.8 Å². The summed E-state index contributed by atoms with van der Waals surface area (Å²) < 4.78 is 0. The average Bonchev–Trinajstić information content (AvgIpc) is 2.45. The van der Waals surface area contributed by atoms with Gasteiger partial charge < -0.3 is 0 Å². The summed E-state index contributed by atoms with van der Waals surface area (Å²) in [5.41, 5.74) is 0.695. The largest absolute Gasteiger partial charge is 0.373 e. The molecule has 2 rings (SSSR count). The Balaban J connectivity index is 1.93. The van der Waals surface area contributed by atoms with Crippen LogP contribution in [0.2, 0.25) is 0 Å². The summed E-state index contributed by atoms with van der Waals surface area (Å²) in [6.07, 6.45) is 4.48. The molecule has 0 spiro atoms. The van der Waals surface area contributed by atoms with Crippen molar-refractivity contribution in [3.63, 3.8) is 0 Å². The molecule has 0 saturated heterocycles. The summed E-state index contributed by atoms with van der Waals surface area (Å²) in [7, 11) is 0. The van der Waals surface area contributed by atoms with Crippen LogP contribution in [0, 0.1) is 11.3 Å². The molecule has 2 unspecified atom stereocenters. The Morgan fingerprint density at radius 1 is 1.10 bits per heavy atom. The molecular formula is C17H24O3. The van der Waals surface area contributed by atoms with E-state index in [1.54, 1.807) is 12.1 Å². The fourth-order valence-corrected chi connectivity index (χ4v) is 2.93. The molecule has 0 aromatic heterocycles. The van der Waals surface area contributed by atoms with Crippen molar-refractivity contribution in [2.75, 3.05) is 0 Å². The van der Waals surface area contributed by atoms with Crippen LogP contribution in [0.25, 0.3) is 0 Å². The molecule has 0 heterocycles. The summed E-state index contributed by atoms with van der Waals surface area (Å²) in [6.45, 7) is 6.66. The Morgan fingerprint density at radius 3 is 2.40 bits per heavy atom. The molecule has 1 aromatic carbocycles. The fourth-order valence-electron chi connectivity index (χ4n) is 2.93. The maximum absolute atomic E-state index is 11.9. The SMILES string of the molecule is CC(C)(C)C1CCCCC1OOC(=O)c1ccccc1. The maximum atomic E-state index is 11.9. The monoisotopic (exact) mass is 276 g/mol. The number of carbonyl (C=O) groups excluding carboxylic acids is 1. The van der Waals surface area contributed by atoms with Crippen LogP contribution in [-0.4, -0.2) is 12.1 Å². The second-order valence-corrected chi connectivity index (χ2v) is 6.63. The van der Waals surface area contributed by atoms with Crippen LogP contribution in [0.15, 0.2) is 30.3 Å². The zero-order valence-corrected chi connectivity index (χ0v) is 12.6. The van der Waals surface area contributed by atoms with Crippen LogP contribution in [0.1, 0.15) is 56.8 Å². The highest BCUT2D eigenvalue weighted by Gasteiger charge is 2.36. The van der Waals surface area contributed by atoms with Gasteiger partial charge in [-0.15, -0.1) is 0 Å². The van der Waals surface area contributed by atoms with Crippen molar-refractivity contribution in [2.24, 2.45) is 11.3 Å². The van der Waals surface area contributed by atoms with Crippen molar-refractivity contribution >= 4 is 5.97 Å². The standard InChI is InChI=1S/C17H24O3/c1-17(2,3)14-11-7-8-12-15(14)19-20-16(18)13-9-5-4-6-10-13/h4-6,9-10,14-15H,7-8,11-12H2,1-3H3. The molecule has 0 bridgehead atoms. The lowest BCUT2D eigenvalue weighted by atomic mass is 9.71. The van der Waals surface area contributed by atoms with Gasteiger partial charge in [-0.05, 0) is 36.3 Å². The Morgan fingerprint density at radius 2 is 1.75 bits per heavy atom. The first kappa shape index (κ1) is 15.0. The first-order chi connectivity index (χ1) is 9.48. The van der Waals surface area contributed by atoms with Gasteiger partial charge in [0.1, 0.15) is 6.10 Å². The third kappa shape index (κ3) is 3.83. The van der Waals surface area contributed by atoms with Crippen LogP contribution in [0.5, 0.6) is 0 Å². The van der Waals surface area contributed by atoms with E-state index in [1.807, 2.05) is 18.2 Å². The van der Waals surface area contributed by atoms with Gasteiger partial charge in [0.05, 0.1) is 5.56 Å². The van der Waals surface area contributed by atoms with Gasteiger partial charge in [0.2, 0.25) is 0 Å². The number of hydrogen-bond acceptors (Lipinski definition) is 3. The van der Waals surface area contributed by atoms with Crippen molar-refractivity contribution in [3.8, 4) is 0 Å². The van der Waals surface area contributed by atoms with Gasteiger partial charge in [0.25, 0.3) is 0 Å². The zero-order chi connectivity index (χ0) is 14.6. The lowest BCUT2D eigenvalue weighted by Gasteiger charge is -2.38. The van der Waals surface area contributed by atoms with E-state index in [-0.39, 0.29) is 11.5 Å². The summed E-state index contributed by atoms with van der Waals surface area (Å²) in [5, 5.41) is 0. The average molecular weight is 276 g/mol. The molecule has 3 heteroatoms. The first-order valence-electron chi connectivity index (χ1n) is 7.41. The topological polar surface area (TPSA) is 35.5 Å². The fraction of sp³-hybridized carbons (Fsp3) is 0.588. The summed E-state index contributed by atoms with van der Waals surface area (Å²) >= 11 is 0. The minimum atomic E-state index is -0.413. The van der Waals surface area contributed by atoms with Gasteiger partial charge in [-0.25, -0.2) is 4.79 Å². The van der Waals surface area contributed by atoms with E-state index in [0.29, 0.717) is 11.5 Å². The van der Waals surface area contributed by atoms with E-state index < -0.39 is 5.97 Å². The third-order valence-electron chi connectivity index (χ3n) is 4.07. The zero-order valence-electron chi connectivity index (χ0n) is 12.6. The molecule has 0 amide bonds. The highest BCUT2D eigenvalue weighted by Crippen LogP contribution is 2.39. The second kappa shape index (κ2) is 6.40. The van der Waals surface area contributed by atoms with Gasteiger partial charge >= 0.3 is 5.97 Å². The molecule has 1 fully saturated rings. The summed E-state index contributed by atoms with van der Waals surface area (Å²) in [6, 6.07) is 8.96. The van der Waals surface area contributed by atoms with Crippen LogP contribution in [-0.2, 0) is 9.78 Å². The molecular weight excluding hydrogens is 252 g/mol. The molecule has 20 heavy (non-hydrogen) atoms. The molecule has 1 aliphatic rings. The van der Waals surface area contributed by atoms with Gasteiger partial charge in [-0.1, -0.05) is 51.8 Å². The lowest BCUT2D eigenvalue weighted by Crippen LogP contribution is -2.37. The molecule has 0 radical (unpaired) electrons. The van der Waals surface area contributed by atoms with Gasteiger partial charge in [-0.2, -0.15) is 4.89 Å². The summed E-state index contributed by atoms with van der Waals surface area (Å²) in [5.74, 6) is 0.0173. The van der Waals surface area contributed by atoms with Crippen molar-refractivity contribution in [3.05, 3.63) is 35.9 Å². The van der Waals surface area contributed by atoms with Crippen LogP contribution < -0.4 is 0 Å². The van der Waals surface area contributed by atoms with Gasteiger partial charge in [0, 0.05) is 0 Å². The van der Waals surface area contributed by atoms with Crippen LogP contribution >= 0.6 is 0 Å². The van der Waals surface area contributed by atoms with E-state index in [0.717, 1.165) is 19.3 Å². The van der Waals surface area contributed by atoms with Crippen LogP contribution in [0.4, 0.5) is 0 Å². The van der Waals surface area contributed by atoms with Crippen LogP contribution in [0.3, 0.4) is 0 Å². The quantitative estimate of drug-likeness (QED) is 0.607. The highest BCUT2D eigenvalue weighted by molar-refractivity contribution is 5.88. The Labute approximate surface area is 121 Å². The lowest BCUT2D eigenvalue weighted by molar-refractivity contribution is -0.297. The third-order valence-corrected chi connectivity index (χ3v) is 4.07. The Hall–Kier alpha value is -1.35. The number of hydrogen-bond donors (Lipinski definition) is 0. The normalized spacial score (nSPS) is 23.4. The predicted molar refractivity (Wildman–Crippen MR) is 78.1 cm³/mol. The molecule has 110 valence electrons. The molecule has 1 saturated carbocycles. The van der Waals surface area contributed by atoms with E-state index in [4.69, 9.17) is 9.78 Å². The van der Waals surface area contributed by atoms with Crippen molar-refractivity contribution in [1.82, 2.24) is 0 Å². The molecule has 0 aliphatic heterocycles. The molecule has 3 nitrogen and oxygen atoms in total. The number of benzene rings is 1.